The zero-order valence-corrected chi connectivity index (χ0v) is 12.9. The highest BCUT2D eigenvalue weighted by molar-refractivity contribution is 5.84. The largest absolute Gasteiger partial charge is 0.497 e. The van der Waals surface area contributed by atoms with Crippen molar-refractivity contribution in [2.24, 2.45) is 4.99 Å². The van der Waals surface area contributed by atoms with Gasteiger partial charge in [0.05, 0.1) is 13.7 Å². The summed E-state index contributed by atoms with van der Waals surface area (Å²) >= 11 is 0. The Kier molecular flexibility index (Phi) is 5.43. The summed E-state index contributed by atoms with van der Waals surface area (Å²) in [6.07, 6.45) is 0. The second kappa shape index (κ2) is 7.53. The van der Waals surface area contributed by atoms with Crippen molar-refractivity contribution in [2.45, 2.75) is 20.4 Å². The number of rotatable bonds is 5. The molecular formula is C17H23N3O. The summed E-state index contributed by atoms with van der Waals surface area (Å²) in [5.74, 6) is 1.74. The third-order valence-electron chi connectivity index (χ3n) is 3.22. The molecule has 0 aliphatic carbocycles. The fraction of sp³-hybridized carbons (Fsp3) is 0.353. The number of ether oxygens (including phenoxy) is 1. The first kappa shape index (κ1) is 15.2. The molecule has 0 saturated heterocycles. The van der Waals surface area contributed by atoms with Crippen LogP contribution < -0.4 is 15.4 Å². The topological polar surface area (TPSA) is 45.7 Å². The van der Waals surface area contributed by atoms with E-state index in [-0.39, 0.29) is 0 Å². The van der Waals surface area contributed by atoms with Crippen molar-refractivity contribution >= 4 is 16.7 Å². The Hall–Kier alpha value is -2.23. The van der Waals surface area contributed by atoms with Crippen LogP contribution in [0.2, 0.25) is 0 Å². The van der Waals surface area contributed by atoms with Crippen molar-refractivity contribution in [1.82, 2.24) is 10.6 Å². The highest BCUT2D eigenvalue weighted by atomic mass is 16.5. The van der Waals surface area contributed by atoms with E-state index in [0.717, 1.165) is 24.8 Å². The number of fused-ring (bicyclic) bond motifs is 1. The van der Waals surface area contributed by atoms with E-state index >= 15 is 0 Å². The Morgan fingerprint density at radius 2 is 1.67 bits per heavy atom. The van der Waals surface area contributed by atoms with Crippen LogP contribution in [0, 0.1) is 0 Å². The van der Waals surface area contributed by atoms with Gasteiger partial charge in [0, 0.05) is 13.1 Å². The predicted molar refractivity (Wildman–Crippen MR) is 89.0 cm³/mol. The van der Waals surface area contributed by atoms with Crippen LogP contribution in [0.1, 0.15) is 19.4 Å². The van der Waals surface area contributed by atoms with E-state index in [1.807, 2.05) is 12.1 Å². The van der Waals surface area contributed by atoms with Crippen LogP contribution in [0.4, 0.5) is 0 Å². The van der Waals surface area contributed by atoms with Gasteiger partial charge in [-0.3, -0.25) is 0 Å². The van der Waals surface area contributed by atoms with Gasteiger partial charge in [-0.25, -0.2) is 4.99 Å². The van der Waals surface area contributed by atoms with Crippen molar-refractivity contribution < 1.29 is 4.74 Å². The molecular weight excluding hydrogens is 262 g/mol. The maximum Gasteiger partial charge on any atom is 0.191 e. The first-order valence-corrected chi connectivity index (χ1v) is 7.35. The number of methoxy groups -OCH3 is 1. The average molecular weight is 285 g/mol. The van der Waals surface area contributed by atoms with E-state index in [1.165, 1.54) is 16.3 Å². The number of benzene rings is 2. The van der Waals surface area contributed by atoms with Crippen molar-refractivity contribution in [3.05, 3.63) is 42.0 Å². The molecule has 0 spiro atoms. The van der Waals surface area contributed by atoms with Crippen molar-refractivity contribution in [2.75, 3.05) is 20.2 Å². The molecule has 0 atom stereocenters. The van der Waals surface area contributed by atoms with Gasteiger partial charge in [-0.05, 0) is 48.4 Å². The smallest absolute Gasteiger partial charge is 0.191 e. The van der Waals surface area contributed by atoms with Crippen molar-refractivity contribution in [3.63, 3.8) is 0 Å². The van der Waals surface area contributed by atoms with Gasteiger partial charge >= 0.3 is 0 Å². The van der Waals surface area contributed by atoms with Crippen LogP contribution in [0.25, 0.3) is 10.8 Å². The minimum atomic E-state index is 0.664. The lowest BCUT2D eigenvalue weighted by Gasteiger charge is -2.09. The van der Waals surface area contributed by atoms with Gasteiger partial charge in [0.25, 0.3) is 0 Å². The maximum absolute atomic E-state index is 5.25. The Bertz CT molecular complexity index is 614. The van der Waals surface area contributed by atoms with Gasteiger partial charge in [0.15, 0.2) is 5.96 Å². The Labute approximate surface area is 126 Å². The molecule has 0 aliphatic rings. The number of hydrogen-bond acceptors (Lipinski definition) is 2. The van der Waals surface area contributed by atoms with Crippen LogP contribution in [0.15, 0.2) is 41.4 Å². The van der Waals surface area contributed by atoms with E-state index < -0.39 is 0 Å². The molecule has 2 aromatic carbocycles. The lowest BCUT2D eigenvalue weighted by Crippen LogP contribution is -2.36. The minimum Gasteiger partial charge on any atom is -0.497 e. The molecule has 2 N–H and O–H groups in total. The second-order valence-electron chi connectivity index (χ2n) is 4.77. The van der Waals surface area contributed by atoms with Gasteiger partial charge < -0.3 is 15.4 Å². The average Bonchev–Trinajstić information content (AvgIpc) is 2.52. The summed E-state index contributed by atoms with van der Waals surface area (Å²) in [4.78, 5) is 4.58. The molecule has 0 saturated carbocycles. The molecule has 0 aromatic heterocycles. The van der Waals surface area contributed by atoms with Crippen LogP contribution >= 0.6 is 0 Å². The number of guanidine groups is 1. The first-order chi connectivity index (χ1) is 10.3. The number of nitrogens with one attached hydrogen (secondary N) is 2. The highest BCUT2D eigenvalue weighted by Gasteiger charge is 2.00. The Balaban J connectivity index is 2.17. The fourth-order valence-corrected chi connectivity index (χ4v) is 2.18. The molecule has 0 aliphatic heterocycles. The first-order valence-electron chi connectivity index (χ1n) is 7.35. The molecule has 112 valence electrons. The monoisotopic (exact) mass is 285 g/mol. The van der Waals surface area contributed by atoms with Gasteiger partial charge in [0.1, 0.15) is 5.75 Å². The molecule has 4 heteroatoms. The molecule has 2 aromatic rings. The summed E-state index contributed by atoms with van der Waals surface area (Å²) in [5.41, 5.74) is 1.20. The summed E-state index contributed by atoms with van der Waals surface area (Å²) in [6.45, 7) is 6.52. The van der Waals surface area contributed by atoms with E-state index in [2.05, 4.69) is 53.7 Å². The maximum atomic E-state index is 5.25. The summed E-state index contributed by atoms with van der Waals surface area (Å²) in [6, 6.07) is 12.5. The Morgan fingerprint density at radius 1 is 1.00 bits per heavy atom. The van der Waals surface area contributed by atoms with E-state index in [1.54, 1.807) is 7.11 Å². The van der Waals surface area contributed by atoms with Crippen LogP contribution in [-0.2, 0) is 6.54 Å². The van der Waals surface area contributed by atoms with Crippen molar-refractivity contribution in [1.29, 1.82) is 0 Å². The lowest BCUT2D eigenvalue weighted by atomic mass is 10.1. The van der Waals surface area contributed by atoms with E-state index in [0.29, 0.717) is 6.54 Å². The molecule has 0 amide bonds. The number of nitrogens with zero attached hydrogens (tertiary/aromatic N) is 1. The molecule has 4 nitrogen and oxygen atoms in total. The van der Waals surface area contributed by atoms with Crippen LogP contribution in [0.5, 0.6) is 5.75 Å². The summed E-state index contributed by atoms with van der Waals surface area (Å²) in [5, 5.41) is 8.84. The van der Waals surface area contributed by atoms with Crippen LogP contribution in [0.3, 0.4) is 0 Å². The van der Waals surface area contributed by atoms with E-state index in [4.69, 9.17) is 4.74 Å². The standard InChI is InChI=1S/C17H23N3O/c1-4-18-17(19-5-2)20-12-13-6-7-15-11-16(21-3)9-8-14(15)10-13/h6-11H,4-5,12H2,1-3H3,(H2,18,19,20). The quantitative estimate of drug-likeness (QED) is 0.656. The second-order valence-corrected chi connectivity index (χ2v) is 4.77. The molecule has 2 rings (SSSR count). The molecule has 0 fully saturated rings. The van der Waals surface area contributed by atoms with Gasteiger partial charge in [0.2, 0.25) is 0 Å². The third-order valence-corrected chi connectivity index (χ3v) is 3.22. The van der Waals surface area contributed by atoms with Gasteiger partial charge in [-0.15, -0.1) is 0 Å². The SMILES string of the molecule is CCNC(=NCc1ccc2cc(OC)ccc2c1)NCC. The summed E-state index contributed by atoms with van der Waals surface area (Å²) in [7, 11) is 1.69. The predicted octanol–water partition coefficient (Wildman–Crippen LogP) is 2.92. The highest BCUT2D eigenvalue weighted by Crippen LogP contribution is 2.22. The van der Waals surface area contributed by atoms with Gasteiger partial charge in [-0.2, -0.15) is 0 Å². The molecule has 0 radical (unpaired) electrons. The fourth-order valence-electron chi connectivity index (χ4n) is 2.18. The zero-order chi connectivity index (χ0) is 15.1. The van der Waals surface area contributed by atoms with Gasteiger partial charge in [-0.1, -0.05) is 18.2 Å². The number of aliphatic imine (C=N–C) groups is 1. The zero-order valence-electron chi connectivity index (χ0n) is 12.9. The number of hydrogen-bond donors (Lipinski definition) is 2. The summed E-state index contributed by atoms with van der Waals surface area (Å²) < 4.78 is 5.25. The molecule has 0 unspecified atom stereocenters. The third kappa shape index (κ3) is 4.12. The molecule has 0 bridgehead atoms. The molecule has 0 heterocycles. The van der Waals surface area contributed by atoms with Crippen molar-refractivity contribution in [3.8, 4) is 5.75 Å². The minimum absolute atomic E-state index is 0.664. The lowest BCUT2D eigenvalue weighted by molar-refractivity contribution is 0.415. The normalized spacial score (nSPS) is 10.2. The molecule has 21 heavy (non-hydrogen) atoms. The Morgan fingerprint density at radius 3 is 2.33 bits per heavy atom. The van der Waals surface area contributed by atoms with Crippen LogP contribution in [-0.4, -0.2) is 26.2 Å². The van der Waals surface area contributed by atoms with E-state index in [9.17, 15) is 0 Å².